The van der Waals surface area contributed by atoms with Crippen LogP contribution in [0.15, 0.2) is 48.8 Å². The topological polar surface area (TPSA) is 44.1 Å². The molecular weight excluding hydrogens is 252 g/mol. The average molecular weight is 270 g/mol. The van der Waals surface area contributed by atoms with Crippen LogP contribution in [0.2, 0.25) is 0 Å². The molecule has 0 radical (unpaired) electrons. The Labute approximate surface area is 118 Å². The summed E-state index contributed by atoms with van der Waals surface area (Å²) in [6.07, 6.45) is 6.76. The monoisotopic (exact) mass is 270 g/mol. The molecule has 0 atom stereocenters. The Morgan fingerprint density at radius 1 is 1.25 bits per heavy atom. The smallest absolute Gasteiger partial charge is 0.331 e. The van der Waals surface area contributed by atoms with Crippen LogP contribution < -0.4 is 0 Å². The summed E-state index contributed by atoms with van der Waals surface area (Å²) >= 11 is 0. The van der Waals surface area contributed by atoms with E-state index in [0.29, 0.717) is 0 Å². The summed E-state index contributed by atoms with van der Waals surface area (Å²) in [6, 6.07) is 9.58. The number of nitrogens with zero attached hydrogens (tertiary/aromatic N) is 2. The molecule has 0 unspecified atom stereocenters. The first-order valence-corrected chi connectivity index (χ1v) is 6.46. The largest absolute Gasteiger partial charge is 0.457 e. The Morgan fingerprint density at radius 2 is 2.00 bits per heavy atom. The maximum atomic E-state index is 11.7. The van der Waals surface area contributed by atoms with Crippen LogP contribution in [0.1, 0.15) is 26.3 Å². The lowest BCUT2D eigenvalue weighted by Gasteiger charge is -2.18. The minimum atomic E-state index is -0.483. The van der Waals surface area contributed by atoms with E-state index in [1.165, 1.54) is 6.08 Å². The molecule has 4 heteroatoms. The number of hydrogen-bond donors (Lipinski definition) is 0. The quantitative estimate of drug-likeness (QED) is 0.635. The number of aromatic nitrogens is 2. The van der Waals surface area contributed by atoms with E-state index in [1.54, 1.807) is 17.0 Å². The Bertz CT molecular complexity index is 608. The van der Waals surface area contributed by atoms with Crippen LogP contribution in [-0.2, 0) is 9.53 Å². The molecule has 1 heterocycles. The summed E-state index contributed by atoms with van der Waals surface area (Å²) in [6.45, 7) is 5.53. The highest BCUT2D eigenvalue weighted by molar-refractivity contribution is 5.88. The summed E-state index contributed by atoms with van der Waals surface area (Å²) in [5.74, 6) is -0.354. The fraction of sp³-hybridized carbons (Fsp3) is 0.250. The van der Waals surface area contributed by atoms with Gasteiger partial charge in [0.15, 0.2) is 0 Å². The van der Waals surface area contributed by atoms with Gasteiger partial charge in [-0.25, -0.2) is 9.48 Å². The normalized spacial score (nSPS) is 11.8. The zero-order chi connectivity index (χ0) is 14.6. The van der Waals surface area contributed by atoms with E-state index in [9.17, 15) is 4.79 Å². The highest BCUT2D eigenvalue weighted by atomic mass is 16.6. The first-order chi connectivity index (χ1) is 9.46. The van der Waals surface area contributed by atoms with Gasteiger partial charge in [0.25, 0.3) is 0 Å². The number of hydrogen-bond acceptors (Lipinski definition) is 3. The van der Waals surface area contributed by atoms with E-state index >= 15 is 0 Å². The predicted octanol–water partition coefficient (Wildman–Crippen LogP) is 3.23. The molecule has 0 bridgehead atoms. The molecule has 0 spiro atoms. The van der Waals surface area contributed by atoms with Gasteiger partial charge in [0.2, 0.25) is 0 Å². The highest BCUT2D eigenvalue weighted by Crippen LogP contribution is 2.15. The molecule has 2 rings (SSSR count). The van der Waals surface area contributed by atoms with Crippen molar-refractivity contribution in [2.45, 2.75) is 26.4 Å². The standard InChI is InChI=1S/C16H18N2O2/c1-16(2,3)20-15(19)10-9-13-7-4-5-8-14(13)18-12-6-11-17-18/h4-12H,1-3H3/b10-9+. The van der Waals surface area contributed by atoms with Crippen molar-refractivity contribution >= 4 is 12.0 Å². The van der Waals surface area contributed by atoms with Gasteiger partial charge >= 0.3 is 5.97 Å². The summed E-state index contributed by atoms with van der Waals surface area (Å²) in [4.78, 5) is 11.7. The van der Waals surface area contributed by atoms with Gasteiger partial charge < -0.3 is 4.74 Å². The van der Waals surface area contributed by atoms with E-state index in [1.807, 2.05) is 57.3 Å². The number of esters is 1. The molecule has 1 aromatic heterocycles. The molecular formula is C16H18N2O2. The lowest BCUT2D eigenvalue weighted by molar-refractivity contribution is -0.148. The number of rotatable bonds is 3. The molecule has 0 saturated carbocycles. The number of benzene rings is 1. The molecule has 0 aliphatic carbocycles. The second kappa shape index (κ2) is 5.74. The van der Waals surface area contributed by atoms with Crippen LogP contribution in [0.3, 0.4) is 0 Å². The molecule has 0 saturated heterocycles. The molecule has 0 amide bonds. The van der Waals surface area contributed by atoms with Gasteiger partial charge in [0.05, 0.1) is 5.69 Å². The first-order valence-electron chi connectivity index (χ1n) is 6.46. The van der Waals surface area contributed by atoms with Gasteiger partial charge in [0, 0.05) is 24.0 Å². The van der Waals surface area contributed by atoms with Crippen molar-refractivity contribution in [2.75, 3.05) is 0 Å². The molecule has 0 N–H and O–H groups in total. The second-order valence-electron chi connectivity index (χ2n) is 5.38. The zero-order valence-corrected chi connectivity index (χ0v) is 11.9. The fourth-order valence-electron chi connectivity index (χ4n) is 1.74. The summed E-state index contributed by atoms with van der Waals surface area (Å²) in [5, 5.41) is 4.20. The Kier molecular flexibility index (Phi) is 4.03. The molecule has 4 nitrogen and oxygen atoms in total. The Balaban J connectivity index is 2.20. The van der Waals surface area contributed by atoms with Crippen molar-refractivity contribution in [3.8, 4) is 5.69 Å². The first kappa shape index (κ1) is 14.1. The molecule has 1 aromatic carbocycles. The van der Waals surface area contributed by atoms with Crippen LogP contribution in [0.25, 0.3) is 11.8 Å². The van der Waals surface area contributed by atoms with Crippen molar-refractivity contribution < 1.29 is 9.53 Å². The molecule has 0 aliphatic heterocycles. The third kappa shape index (κ3) is 3.82. The van der Waals surface area contributed by atoms with Crippen molar-refractivity contribution in [3.05, 3.63) is 54.4 Å². The predicted molar refractivity (Wildman–Crippen MR) is 78.4 cm³/mol. The zero-order valence-electron chi connectivity index (χ0n) is 11.9. The maximum absolute atomic E-state index is 11.7. The average Bonchev–Trinajstić information content (AvgIpc) is 2.88. The summed E-state index contributed by atoms with van der Waals surface area (Å²) in [7, 11) is 0. The summed E-state index contributed by atoms with van der Waals surface area (Å²) < 4.78 is 7.00. The van der Waals surface area contributed by atoms with Crippen molar-refractivity contribution in [3.63, 3.8) is 0 Å². The van der Waals surface area contributed by atoms with E-state index < -0.39 is 5.60 Å². The molecule has 0 aliphatic rings. The number of ether oxygens (including phenoxy) is 1. The van der Waals surface area contributed by atoms with E-state index in [-0.39, 0.29) is 5.97 Å². The highest BCUT2D eigenvalue weighted by Gasteiger charge is 2.14. The van der Waals surface area contributed by atoms with Gasteiger partial charge in [-0.2, -0.15) is 5.10 Å². The fourth-order valence-corrected chi connectivity index (χ4v) is 1.74. The third-order valence-electron chi connectivity index (χ3n) is 2.49. The van der Waals surface area contributed by atoms with Crippen LogP contribution in [-0.4, -0.2) is 21.4 Å². The van der Waals surface area contributed by atoms with Crippen molar-refractivity contribution in [1.29, 1.82) is 0 Å². The number of carbonyl (C=O) groups is 1. The van der Waals surface area contributed by atoms with E-state index in [2.05, 4.69) is 5.10 Å². The van der Waals surface area contributed by atoms with Crippen molar-refractivity contribution in [1.82, 2.24) is 9.78 Å². The maximum Gasteiger partial charge on any atom is 0.331 e. The SMILES string of the molecule is CC(C)(C)OC(=O)/C=C/c1ccccc1-n1cccn1. The number of para-hydroxylation sites is 1. The van der Waals surface area contributed by atoms with Crippen LogP contribution >= 0.6 is 0 Å². The Morgan fingerprint density at radius 3 is 2.65 bits per heavy atom. The minimum absolute atomic E-state index is 0.354. The van der Waals surface area contributed by atoms with Gasteiger partial charge in [-0.15, -0.1) is 0 Å². The lowest BCUT2D eigenvalue weighted by Crippen LogP contribution is -2.22. The number of carbonyl (C=O) groups excluding carboxylic acids is 1. The molecule has 104 valence electrons. The summed E-state index contributed by atoms with van der Waals surface area (Å²) in [5.41, 5.74) is 1.34. The second-order valence-corrected chi connectivity index (χ2v) is 5.38. The van der Waals surface area contributed by atoms with Gasteiger partial charge in [0.1, 0.15) is 5.60 Å². The molecule has 0 fully saturated rings. The van der Waals surface area contributed by atoms with Crippen molar-refractivity contribution in [2.24, 2.45) is 0 Å². The van der Waals surface area contributed by atoms with Gasteiger partial charge in [-0.05, 0) is 39.0 Å². The van der Waals surface area contributed by atoms with E-state index in [4.69, 9.17) is 4.74 Å². The van der Waals surface area contributed by atoms with Gasteiger partial charge in [-0.1, -0.05) is 18.2 Å². The van der Waals surface area contributed by atoms with E-state index in [0.717, 1.165) is 11.3 Å². The molecule has 20 heavy (non-hydrogen) atoms. The van der Waals surface area contributed by atoms with Crippen LogP contribution in [0.4, 0.5) is 0 Å². The van der Waals surface area contributed by atoms with Gasteiger partial charge in [-0.3, -0.25) is 0 Å². The Hall–Kier alpha value is -2.36. The van der Waals surface area contributed by atoms with Crippen LogP contribution in [0, 0.1) is 0 Å². The lowest BCUT2D eigenvalue weighted by atomic mass is 10.1. The molecule has 2 aromatic rings. The minimum Gasteiger partial charge on any atom is -0.457 e. The van der Waals surface area contributed by atoms with Crippen LogP contribution in [0.5, 0.6) is 0 Å². The third-order valence-corrected chi connectivity index (χ3v) is 2.49.